The van der Waals surface area contributed by atoms with Crippen molar-refractivity contribution in [2.24, 2.45) is 0 Å². The third kappa shape index (κ3) is 2.75. The van der Waals surface area contributed by atoms with Gasteiger partial charge in [-0.25, -0.2) is 9.97 Å². The van der Waals surface area contributed by atoms with Gasteiger partial charge in [-0.1, -0.05) is 24.3 Å². The minimum atomic E-state index is -0.765. The number of hydrogen-bond acceptors (Lipinski definition) is 4. The van der Waals surface area contributed by atoms with Crippen LogP contribution < -0.4 is 4.90 Å². The van der Waals surface area contributed by atoms with Gasteiger partial charge in [0, 0.05) is 36.3 Å². The molecule has 1 aliphatic heterocycles. The summed E-state index contributed by atoms with van der Waals surface area (Å²) in [6.45, 7) is 2.05. The van der Waals surface area contributed by atoms with Gasteiger partial charge in [0.25, 0.3) is 0 Å². The highest BCUT2D eigenvalue weighted by atomic mass is 16.4. The van der Waals surface area contributed by atoms with Crippen LogP contribution in [-0.4, -0.2) is 34.1 Å². The van der Waals surface area contributed by atoms with Gasteiger partial charge in [-0.05, 0) is 37.7 Å². The predicted molar refractivity (Wildman–Crippen MR) is 92.3 cm³/mol. The molecule has 2 heterocycles. The van der Waals surface area contributed by atoms with Gasteiger partial charge in [-0.3, -0.25) is 4.79 Å². The van der Waals surface area contributed by atoms with Crippen LogP contribution in [0.25, 0.3) is 11.3 Å². The number of benzene rings is 1. The summed E-state index contributed by atoms with van der Waals surface area (Å²) in [5, 5.41) is 9.02. The van der Waals surface area contributed by atoms with E-state index in [2.05, 4.69) is 11.0 Å². The van der Waals surface area contributed by atoms with Gasteiger partial charge in [0.1, 0.15) is 0 Å². The lowest BCUT2D eigenvalue weighted by Gasteiger charge is -2.31. The van der Waals surface area contributed by atoms with E-state index in [1.54, 1.807) is 0 Å². The van der Waals surface area contributed by atoms with Crippen LogP contribution in [0.2, 0.25) is 0 Å². The average molecular weight is 323 g/mol. The van der Waals surface area contributed by atoms with E-state index in [9.17, 15) is 4.79 Å². The van der Waals surface area contributed by atoms with Crippen molar-refractivity contribution in [1.29, 1.82) is 0 Å². The Morgan fingerprint density at radius 2 is 1.96 bits per heavy atom. The Labute approximate surface area is 141 Å². The average Bonchev–Trinajstić information content (AvgIpc) is 2.99. The van der Waals surface area contributed by atoms with Gasteiger partial charge in [0.2, 0.25) is 5.95 Å². The van der Waals surface area contributed by atoms with Crippen molar-refractivity contribution in [3.05, 3.63) is 41.1 Å². The van der Waals surface area contributed by atoms with Crippen molar-refractivity contribution in [3.8, 4) is 11.3 Å². The fourth-order valence-corrected chi connectivity index (χ4v) is 3.51. The van der Waals surface area contributed by atoms with Crippen molar-refractivity contribution in [1.82, 2.24) is 9.97 Å². The zero-order valence-electron chi connectivity index (χ0n) is 13.7. The Morgan fingerprint density at radius 3 is 2.71 bits per heavy atom. The number of carboxylic acid groups (broad SMARTS) is 1. The van der Waals surface area contributed by atoms with Crippen molar-refractivity contribution >= 4 is 11.9 Å². The van der Waals surface area contributed by atoms with E-state index in [1.165, 1.54) is 17.7 Å². The quantitative estimate of drug-likeness (QED) is 0.916. The number of nitrogens with zero attached hydrogens (tertiary/aromatic N) is 3. The van der Waals surface area contributed by atoms with E-state index in [1.807, 2.05) is 18.2 Å². The first-order valence-electron chi connectivity index (χ1n) is 8.67. The monoisotopic (exact) mass is 323 g/mol. The molecule has 0 atom stereocenters. The molecule has 2 aromatic rings. The second-order valence-electron chi connectivity index (χ2n) is 6.54. The summed E-state index contributed by atoms with van der Waals surface area (Å²) >= 11 is 0. The molecule has 0 bridgehead atoms. The van der Waals surface area contributed by atoms with Crippen LogP contribution in [0, 0.1) is 0 Å². The molecule has 1 aliphatic carbocycles. The maximum absolute atomic E-state index is 11.0. The lowest BCUT2D eigenvalue weighted by molar-refractivity contribution is -0.136. The number of carbonyl (C=O) groups is 1. The van der Waals surface area contributed by atoms with Gasteiger partial charge in [-0.15, -0.1) is 0 Å². The number of aliphatic carboxylic acids is 1. The highest BCUT2D eigenvalue weighted by Crippen LogP contribution is 2.34. The van der Waals surface area contributed by atoms with Crippen molar-refractivity contribution in [2.75, 3.05) is 18.0 Å². The van der Waals surface area contributed by atoms with Gasteiger partial charge in [0.15, 0.2) is 0 Å². The van der Waals surface area contributed by atoms with E-state index in [0.29, 0.717) is 6.42 Å². The number of aryl methyl sites for hydroxylation is 2. The molecule has 1 saturated heterocycles. The highest BCUT2D eigenvalue weighted by Gasteiger charge is 2.25. The molecule has 1 fully saturated rings. The number of anilines is 1. The van der Waals surface area contributed by atoms with Crippen LogP contribution in [0.15, 0.2) is 24.3 Å². The Kier molecular flexibility index (Phi) is 3.92. The van der Waals surface area contributed by atoms with Crippen LogP contribution in [0.5, 0.6) is 0 Å². The Hall–Kier alpha value is -2.43. The zero-order valence-corrected chi connectivity index (χ0v) is 13.7. The summed E-state index contributed by atoms with van der Waals surface area (Å²) in [5.74, 6) is 0.0731. The summed E-state index contributed by atoms with van der Waals surface area (Å²) < 4.78 is 0. The summed E-state index contributed by atoms with van der Waals surface area (Å²) in [6, 6.07) is 8.06. The molecule has 2 aliphatic rings. The number of fused-ring (bicyclic) bond motifs is 1. The summed E-state index contributed by atoms with van der Waals surface area (Å²) in [6.07, 6.45) is 5.02. The first-order valence-corrected chi connectivity index (χ1v) is 8.67. The number of aromatic nitrogens is 2. The van der Waals surface area contributed by atoms with Gasteiger partial charge in [-0.2, -0.15) is 0 Å². The van der Waals surface area contributed by atoms with E-state index in [0.717, 1.165) is 55.1 Å². The molecule has 124 valence electrons. The van der Waals surface area contributed by atoms with Gasteiger partial charge in [0.05, 0.1) is 5.69 Å². The van der Waals surface area contributed by atoms with Gasteiger partial charge < -0.3 is 10.0 Å². The molecule has 0 unspecified atom stereocenters. The SMILES string of the molecule is O=C(O)CCc1ccccc1-c1nc(N2CCC2)nc2c1CCC2. The van der Waals surface area contributed by atoms with E-state index < -0.39 is 5.97 Å². The molecular formula is C19H21N3O2. The first kappa shape index (κ1) is 15.1. The zero-order chi connectivity index (χ0) is 16.5. The van der Waals surface area contributed by atoms with Crippen LogP contribution in [0.4, 0.5) is 5.95 Å². The minimum Gasteiger partial charge on any atom is -0.481 e. The molecule has 0 saturated carbocycles. The lowest BCUT2D eigenvalue weighted by Crippen LogP contribution is -2.38. The van der Waals surface area contributed by atoms with Gasteiger partial charge >= 0.3 is 5.97 Å². The van der Waals surface area contributed by atoms with Crippen LogP contribution >= 0.6 is 0 Å². The van der Waals surface area contributed by atoms with Crippen LogP contribution in [0.3, 0.4) is 0 Å². The van der Waals surface area contributed by atoms with Crippen molar-refractivity contribution in [3.63, 3.8) is 0 Å². The molecule has 5 nitrogen and oxygen atoms in total. The lowest BCUT2D eigenvalue weighted by atomic mass is 9.97. The van der Waals surface area contributed by atoms with Crippen molar-refractivity contribution < 1.29 is 9.90 Å². The molecule has 4 rings (SSSR count). The second kappa shape index (κ2) is 6.23. The summed E-state index contributed by atoms with van der Waals surface area (Å²) in [4.78, 5) is 22.9. The first-order chi connectivity index (χ1) is 11.7. The molecule has 24 heavy (non-hydrogen) atoms. The van der Waals surface area contributed by atoms with E-state index in [4.69, 9.17) is 15.1 Å². The number of hydrogen-bond donors (Lipinski definition) is 1. The fraction of sp³-hybridized carbons (Fsp3) is 0.421. The third-order valence-electron chi connectivity index (χ3n) is 4.94. The Balaban J connectivity index is 1.78. The topological polar surface area (TPSA) is 66.3 Å². The second-order valence-corrected chi connectivity index (χ2v) is 6.54. The molecule has 1 aromatic carbocycles. The Bertz CT molecular complexity index is 784. The number of rotatable bonds is 5. The summed E-state index contributed by atoms with van der Waals surface area (Å²) in [5.41, 5.74) is 5.57. The maximum atomic E-state index is 11.0. The van der Waals surface area contributed by atoms with E-state index >= 15 is 0 Å². The normalized spacial score (nSPS) is 15.9. The summed E-state index contributed by atoms with van der Waals surface area (Å²) in [7, 11) is 0. The number of carboxylic acids is 1. The highest BCUT2D eigenvalue weighted by molar-refractivity contribution is 5.72. The molecule has 0 amide bonds. The predicted octanol–water partition coefficient (Wildman–Crippen LogP) is 2.86. The van der Waals surface area contributed by atoms with Crippen LogP contribution in [0.1, 0.15) is 36.1 Å². The van der Waals surface area contributed by atoms with Crippen LogP contribution in [-0.2, 0) is 24.1 Å². The minimum absolute atomic E-state index is 0.142. The smallest absolute Gasteiger partial charge is 0.303 e. The largest absolute Gasteiger partial charge is 0.481 e. The molecule has 0 radical (unpaired) electrons. The molecule has 1 N–H and O–H groups in total. The molecular weight excluding hydrogens is 302 g/mol. The van der Waals surface area contributed by atoms with Crippen molar-refractivity contribution in [2.45, 2.75) is 38.5 Å². The molecule has 5 heteroatoms. The Morgan fingerprint density at radius 1 is 1.12 bits per heavy atom. The van der Waals surface area contributed by atoms with E-state index in [-0.39, 0.29) is 6.42 Å². The third-order valence-corrected chi connectivity index (χ3v) is 4.94. The molecule has 0 spiro atoms. The standard InChI is InChI=1S/C19H21N3O2/c23-17(24)10-9-13-5-1-2-6-14(13)18-15-7-3-8-16(15)20-19(21-18)22-11-4-12-22/h1-2,5-6H,3-4,7-12H2,(H,23,24). The molecule has 1 aromatic heterocycles. The fourth-order valence-electron chi connectivity index (χ4n) is 3.51. The maximum Gasteiger partial charge on any atom is 0.303 e.